The molecule has 0 aromatic carbocycles. The van der Waals surface area contributed by atoms with Gasteiger partial charge < -0.3 is 10.6 Å². The van der Waals surface area contributed by atoms with Gasteiger partial charge in [0, 0.05) is 40.9 Å². The Bertz CT molecular complexity index is 365. The van der Waals surface area contributed by atoms with E-state index in [1.807, 2.05) is 0 Å². The van der Waals surface area contributed by atoms with Crippen molar-refractivity contribution in [1.29, 1.82) is 0 Å². The lowest BCUT2D eigenvalue weighted by Gasteiger charge is -2.32. The van der Waals surface area contributed by atoms with Crippen LogP contribution >= 0.6 is 27.3 Å². The molecule has 0 bridgehead atoms. The second-order valence-electron chi connectivity index (χ2n) is 5.61. The van der Waals surface area contributed by atoms with Crippen LogP contribution in [0.15, 0.2) is 15.9 Å². The van der Waals surface area contributed by atoms with Crippen molar-refractivity contribution >= 4 is 27.3 Å². The van der Waals surface area contributed by atoms with E-state index in [0.29, 0.717) is 18.5 Å². The first-order chi connectivity index (χ1) is 8.93. The first-order valence-electron chi connectivity index (χ1n) is 6.76. The number of rotatable bonds is 8. The van der Waals surface area contributed by atoms with Crippen molar-refractivity contribution in [2.45, 2.75) is 19.9 Å². The predicted octanol–water partition coefficient (Wildman–Crippen LogP) is 3.03. The van der Waals surface area contributed by atoms with E-state index in [1.165, 1.54) is 4.88 Å². The Labute approximate surface area is 129 Å². The SMILES string of the molecule is CC(C)CN(CCN(C)C)C(CN)c1cc(Br)cs1. The van der Waals surface area contributed by atoms with Crippen LogP contribution in [0.4, 0.5) is 0 Å². The van der Waals surface area contributed by atoms with Gasteiger partial charge >= 0.3 is 0 Å². The average molecular weight is 348 g/mol. The minimum absolute atomic E-state index is 0.332. The van der Waals surface area contributed by atoms with Crippen LogP contribution < -0.4 is 5.73 Å². The van der Waals surface area contributed by atoms with Gasteiger partial charge in [-0.2, -0.15) is 0 Å². The number of hydrogen-bond acceptors (Lipinski definition) is 4. The van der Waals surface area contributed by atoms with Gasteiger partial charge in [-0.15, -0.1) is 11.3 Å². The van der Waals surface area contributed by atoms with E-state index in [2.05, 4.69) is 65.1 Å². The summed E-state index contributed by atoms with van der Waals surface area (Å²) in [4.78, 5) is 6.10. The fraction of sp³-hybridized carbons (Fsp3) is 0.714. The second-order valence-corrected chi connectivity index (χ2v) is 7.47. The lowest BCUT2D eigenvalue weighted by molar-refractivity contribution is 0.166. The van der Waals surface area contributed by atoms with Crippen molar-refractivity contribution in [3.63, 3.8) is 0 Å². The van der Waals surface area contributed by atoms with E-state index in [0.717, 1.165) is 24.1 Å². The normalized spacial score (nSPS) is 13.7. The molecule has 1 unspecified atom stereocenters. The Hall–Kier alpha value is 0.0600. The summed E-state index contributed by atoms with van der Waals surface area (Å²) >= 11 is 5.32. The Morgan fingerprint density at radius 3 is 2.42 bits per heavy atom. The molecule has 0 radical (unpaired) electrons. The van der Waals surface area contributed by atoms with Crippen LogP contribution in [0.5, 0.6) is 0 Å². The highest BCUT2D eigenvalue weighted by Crippen LogP contribution is 2.29. The summed E-state index contributed by atoms with van der Waals surface area (Å²) in [7, 11) is 4.24. The third-order valence-corrected chi connectivity index (χ3v) is 4.81. The zero-order valence-corrected chi connectivity index (χ0v) is 14.8. The lowest BCUT2D eigenvalue weighted by atomic mass is 10.1. The lowest BCUT2D eigenvalue weighted by Crippen LogP contribution is -2.40. The first-order valence-corrected chi connectivity index (χ1v) is 8.44. The topological polar surface area (TPSA) is 32.5 Å². The third-order valence-electron chi connectivity index (χ3n) is 3.01. The number of nitrogens with two attached hydrogens (primary N) is 1. The van der Waals surface area contributed by atoms with Crippen molar-refractivity contribution in [3.05, 3.63) is 20.8 Å². The molecular formula is C14H26BrN3S. The van der Waals surface area contributed by atoms with E-state index in [4.69, 9.17) is 5.73 Å². The molecule has 0 fully saturated rings. The number of thiophene rings is 1. The molecule has 0 aliphatic carbocycles. The highest BCUT2D eigenvalue weighted by molar-refractivity contribution is 9.10. The molecule has 0 saturated heterocycles. The summed E-state index contributed by atoms with van der Waals surface area (Å²) in [6.07, 6.45) is 0. The minimum atomic E-state index is 0.332. The van der Waals surface area contributed by atoms with Crippen molar-refractivity contribution in [2.24, 2.45) is 11.7 Å². The van der Waals surface area contributed by atoms with Gasteiger partial charge in [-0.3, -0.25) is 4.90 Å². The van der Waals surface area contributed by atoms with Crippen molar-refractivity contribution < 1.29 is 0 Å². The van der Waals surface area contributed by atoms with Gasteiger partial charge in [0.05, 0.1) is 6.04 Å². The van der Waals surface area contributed by atoms with Gasteiger partial charge in [-0.1, -0.05) is 13.8 Å². The molecule has 19 heavy (non-hydrogen) atoms. The molecule has 0 amide bonds. The summed E-state index contributed by atoms with van der Waals surface area (Å²) in [6, 6.07) is 2.53. The molecule has 1 aromatic heterocycles. The minimum Gasteiger partial charge on any atom is -0.329 e. The van der Waals surface area contributed by atoms with Gasteiger partial charge in [-0.25, -0.2) is 0 Å². The number of halogens is 1. The van der Waals surface area contributed by atoms with Crippen LogP contribution in [-0.4, -0.2) is 50.1 Å². The van der Waals surface area contributed by atoms with Crippen LogP contribution in [0.2, 0.25) is 0 Å². The standard InChI is InChI=1S/C14H26BrN3S/c1-11(2)9-18(6-5-17(3)4)13(8-16)14-7-12(15)10-19-14/h7,10-11,13H,5-6,8-9,16H2,1-4H3. The van der Waals surface area contributed by atoms with Gasteiger partial charge in [-0.05, 0) is 42.0 Å². The van der Waals surface area contributed by atoms with Gasteiger partial charge in [0.25, 0.3) is 0 Å². The van der Waals surface area contributed by atoms with Crippen LogP contribution in [0.25, 0.3) is 0 Å². The van der Waals surface area contributed by atoms with Gasteiger partial charge in [0.1, 0.15) is 0 Å². The largest absolute Gasteiger partial charge is 0.329 e. The fourth-order valence-electron chi connectivity index (χ4n) is 2.12. The molecule has 3 nitrogen and oxygen atoms in total. The molecule has 1 rings (SSSR count). The first kappa shape index (κ1) is 17.1. The maximum Gasteiger partial charge on any atom is 0.0565 e. The quantitative estimate of drug-likeness (QED) is 0.784. The fourth-order valence-corrected chi connectivity index (χ4v) is 3.71. The van der Waals surface area contributed by atoms with Crippen molar-refractivity contribution in [1.82, 2.24) is 9.80 Å². The summed E-state index contributed by atoms with van der Waals surface area (Å²) in [5.74, 6) is 0.652. The maximum absolute atomic E-state index is 6.03. The molecule has 1 heterocycles. The Balaban J connectivity index is 2.79. The molecule has 0 spiro atoms. The van der Waals surface area contributed by atoms with Gasteiger partial charge in [0.2, 0.25) is 0 Å². The molecule has 0 aliphatic heterocycles. The van der Waals surface area contributed by atoms with Crippen LogP contribution in [0.3, 0.4) is 0 Å². The maximum atomic E-state index is 6.03. The summed E-state index contributed by atoms with van der Waals surface area (Å²) in [5.41, 5.74) is 6.03. The molecule has 1 aromatic rings. The monoisotopic (exact) mass is 347 g/mol. The average Bonchev–Trinajstić information content (AvgIpc) is 2.72. The van der Waals surface area contributed by atoms with E-state index in [-0.39, 0.29) is 0 Å². The number of likely N-dealkylation sites (N-methyl/N-ethyl adjacent to an activating group) is 1. The van der Waals surface area contributed by atoms with E-state index >= 15 is 0 Å². The highest BCUT2D eigenvalue weighted by atomic mass is 79.9. The smallest absolute Gasteiger partial charge is 0.0565 e. The van der Waals surface area contributed by atoms with E-state index < -0.39 is 0 Å². The van der Waals surface area contributed by atoms with E-state index in [9.17, 15) is 0 Å². The van der Waals surface area contributed by atoms with Crippen molar-refractivity contribution in [3.8, 4) is 0 Å². The highest BCUT2D eigenvalue weighted by Gasteiger charge is 2.21. The van der Waals surface area contributed by atoms with Crippen LogP contribution in [0.1, 0.15) is 24.8 Å². The molecule has 110 valence electrons. The second kappa shape index (κ2) is 8.37. The van der Waals surface area contributed by atoms with Crippen molar-refractivity contribution in [2.75, 3.05) is 40.3 Å². The number of nitrogens with zero attached hydrogens (tertiary/aromatic N) is 2. The molecule has 0 aliphatic rings. The summed E-state index contributed by atoms with van der Waals surface area (Å²) < 4.78 is 1.16. The molecule has 1 atom stereocenters. The predicted molar refractivity (Wildman–Crippen MR) is 88.8 cm³/mol. The van der Waals surface area contributed by atoms with E-state index in [1.54, 1.807) is 11.3 Å². The van der Waals surface area contributed by atoms with Crippen LogP contribution in [0, 0.1) is 5.92 Å². The van der Waals surface area contributed by atoms with Gasteiger partial charge in [0.15, 0.2) is 0 Å². The Kier molecular flexibility index (Phi) is 7.54. The third kappa shape index (κ3) is 5.92. The molecular weight excluding hydrogens is 322 g/mol. The number of hydrogen-bond donors (Lipinski definition) is 1. The molecule has 0 saturated carbocycles. The molecule has 2 N–H and O–H groups in total. The Morgan fingerprint density at radius 1 is 1.32 bits per heavy atom. The zero-order chi connectivity index (χ0) is 14.4. The molecule has 5 heteroatoms. The van der Waals surface area contributed by atoms with Crippen LogP contribution in [-0.2, 0) is 0 Å². The Morgan fingerprint density at radius 2 is 2.00 bits per heavy atom. The summed E-state index contributed by atoms with van der Waals surface area (Å²) in [6.45, 7) is 8.41. The summed E-state index contributed by atoms with van der Waals surface area (Å²) in [5, 5.41) is 2.14. The zero-order valence-electron chi connectivity index (χ0n) is 12.4.